The van der Waals surface area contributed by atoms with E-state index in [1.807, 2.05) is 17.5 Å². The van der Waals surface area contributed by atoms with E-state index in [1.54, 1.807) is 18.4 Å². The number of thiophene rings is 1. The second-order valence-electron chi connectivity index (χ2n) is 4.98. The molecule has 0 spiro atoms. The lowest BCUT2D eigenvalue weighted by molar-refractivity contribution is -0.123. The Morgan fingerprint density at radius 3 is 3.00 bits per heavy atom. The maximum Gasteiger partial charge on any atom is 0.225 e. The van der Waals surface area contributed by atoms with Crippen molar-refractivity contribution in [2.45, 2.75) is 50.4 Å². The van der Waals surface area contributed by atoms with Crippen LogP contribution in [-0.2, 0) is 16.0 Å². The summed E-state index contributed by atoms with van der Waals surface area (Å²) in [5.74, 6) is -0.0248. The van der Waals surface area contributed by atoms with Gasteiger partial charge >= 0.3 is 0 Å². The number of carbonyl (C=O) groups excluding carboxylic acids is 1. The lowest BCUT2D eigenvalue weighted by atomic mass is 10.0. The van der Waals surface area contributed by atoms with Gasteiger partial charge in [0, 0.05) is 12.0 Å². The normalized spacial score (nSPS) is 27.8. The van der Waals surface area contributed by atoms with Crippen LogP contribution in [-0.4, -0.2) is 36.4 Å². The van der Waals surface area contributed by atoms with Gasteiger partial charge in [0.2, 0.25) is 5.91 Å². The number of hydrogen-bond acceptors (Lipinski definition) is 4. The second-order valence-corrected chi connectivity index (χ2v) is 6.01. The summed E-state index contributed by atoms with van der Waals surface area (Å²) in [5, 5.41) is 15.2. The van der Waals surface area contributed by atoms with Crippen molar-refractivity contribution in [3.63, 3.8) is 0 Å². The monoisotopic (exact) mass is 283 g/mol. The predicted molar refractivity (Wildman–Crippen MR) is 75.2 cm³/mol. The first-order valence-electron chi connectivity index (χ1n) is 6.73. The van der Waals surface area contributed by atoms with Crippen molar-refractivity contribution in [3.05, 3.63) is 22.4 Å². The van der Waals surface area contributed by atoms with Gasteiger partial charge in [0.05, 0.1) is 18.6 Å². The Balaban J connectivity index is 1.90. The van der Waals surface area contributed by atoms with Gasteiger partial charge in [-0.1, -0.05) is 18.9 Å². The smallest absolute Gasteiger partial charge is 0.225 e. The lowest BCUT2D eigenvalue weighted by Gasteiger charge is -2.27. The van der Waals surface area contributed by atoms with E-state index in [0.717, 1.165) is 30.6 Å². The van der Waals surface area contributed by atoms with Gasteiger partial charge in [-0.3, -0.25) is 4.79 Å². The summed E-state index contributed by atoms with van der Waals surface area (Å²) in [6, 6.07) is 3.69. The molecule has 19 heavy (non-hydrogen) atoms. The number of hydrogen-bond donors (Lipinski definition) is 2. The minimum atomic E-state index is -0.611. The summed E-state index contributed by atoms with van der Waals surface area (Å²) in [4.78, 5) is 13.0. The average Bonchev–Trinajstić information content (AvgIpc) is 2.83. The predicted octanol–water partition coefficient (Wildman–Crippen LogP) is 1.73. The third-order valence-corrected chi connectivity index (χ3v) is 4.49. The Labute approximate surface area is 117 Å². The topological polar surface area (TPSA) is 58.6 Å². The molecule has 1 aromatic rings. The van der Waals surface area contributed by atoms with E-state index in [2.05, 4.69) is 5.32 Å². The number of methoxy groups -OCH3 is 1. The summed E-state index contributed by atoms with van der Waals surface area (Å²) < 4.78 is 5.30. The van der Waals surface area contributed by atoms with Crippen LogP contribution >= 0.6 is 11.3 Å². The highest BCUT2D eigenvalue weighted by Gasteiger charge is 2.30. The lowest BCUT2D eigenvalue weighted by Crippen LogP contribution is -2.48. The van der Waals surface area contributed by atoms with Crippen LogP contribution in [0.2, 0.25) is 0 Å². The van der Waals surface area contributed by atoms with Crippen LogP contribution < -0.4 is 5.32 Å². The van der Waals surface area contributed by atoms with Crippen LogP contribution in [0, 0.1) is 0 Å². The highest BCUT2D eigenvalue weighted by Crippen LogP contribution is 2.21. The van der Waals surface area contributed by atoms with E-state index in [9.17, 15) is 9.90 Å². The molecule has 106 valence electrons. The molecular formula is C14H21NO3S. The van der Waals surface area contributed by atoms with E-state index in [1.165, 1.54) is 0 Å². The molecule has 3 atom stereocenters. The molecule has 1 fully saturated rings. The summed E-state index contributed by atoms with van der Waals surface area (Å²) in [7, 11) is 1.61. The molecule has 1 aliphatic carbocycles. The van der Waals surface area contributed by atoms with Gasteiger partial charge in [-0.25, -0.2) is 0 Å². The standard InChI is InChI=1S/C14H21NO3S/c1-18-12-7-3-2-6-11(14(12)17)15-13(16)9-10-5-4-8-19-10/h4-5,8,11-12,14,17H,2-3,6-7,9H2,1H3,(H,15,16)/t11-,12-,14-/m1/s1. The maximum absolute atomic E-state index is 12.0. The molecule has 0 unspecified atom stereocenters. The van der Waals surface area contributed by atoms with E-state index < -0.39 is 6.10 Å². The third-order valence-electron chi connectivity index (χ3n) is 3.61. The van der Waals surface area contributed by atoms with Gasteiger partial charge in [-0.15, -0.1) is 11.3 Å². The van der Waals surface area contributed by atoms with E-state index in [-0.39, 0.29) is 18.1 Å². The Hall–Kier alpha value is -0.910. The Kier molecular flexibility index (Phi) is 5.36. The molecule has 1 heterocycles. The van der Waals surface area contributed by atoms with Gasteiger partial charge in [0.1, 0.15) is 6.10 Å². The van der Waals surface area contributed by atoms with Crippen molar-refractivity contribution >= 4 is 17.2 Å². The third kappa shape index (κ3) is 4.03. The van der Waals surface area contributed by atoms with Crippen LogP contribution in [0.15, 0.2) is 17.5 Å². The highest BCUT2D eigenvalue weighted by atomic mass is 32.1. The fourth-order valence-corrected chi connectivity index (χ4v) is 3.26. The van der Waals surface area contributed by atoms with Crippen molar-refractivity contribution in [3.8, 4) is 0 Å². The van der Waals surface area contributed by atoms with Crippen LogP contribution in [0.4, 0.5) is 0 Å². The zero-order chi connectivity index (χ0) is 13.7. The first kappa shape index (κ1) is 14.5. The van der Waals surface area contributed by atoms with Crippen LogP contribution in [0.1, 0.15) is 30.6 Å². The molecule has 5 heteroatoms. The summed E-state index contributed by atoms with van der Waals surface area (Å²) in [5.41, 5.74) is 0. The minimum absolute atomic E-state index is 0.0248. The van der Waals surface area contributed by atoms with Gasteiger partial charge < -0.3 is 15.2 Å². The van der Waals surface area contributed by atoms with Crippen molar-refractivity contribution in [2.75, 3.05) is 7.11 Å². The number of aliphatic hydroxyl groups excluding tert-OH is 1. The fraction of sp³-hybridized carbons (Fsp3) is 0.643. The molecule has 0 bridgehead atoms. The molecule has 1 amide bonds. The number of carbonyl (C=O) groups is 1. The first-order chi connectivity index (χ1) is 9.20. The molecule has 1 aromatic heterocycles. The average molecular weight is 283 g/mol. The number of amides is 1. The summed E-state index contributed by atoms with van der Waals surface area (Å²) in [6.45, 7) is 0. The van der Waals surface area contributed by atoms with E-state index in [4.69, 9.17) is 4.74 Å². The van der Waals surface area contributed by atoms with Crippen molar-refractivity contribution < 1.29 is 14.6 Å². The minimum Gasteiger partial charge on any atom is -0.388 e. The number of rotatable bonds is 4. The number of aliphatic hydroxyl groups is 1. The molecule has 2 rings (SSSR count). The van der Waals surface area contributed by atoms with Crippen LogP contribution in [0.5, 0.6) is 0 Å². The SMILES string of the molecule is CO[C@@H]1CCCC[C@@H](NC(=O)Cc2cccs2)[C@H]1O. The van der Waals surface area contributed by atoms with E-state index >= 15 is 0 Å². The maximum atomic E-state index is 12.0. The molecule has 0 saturated heterocycles. The number of nitrogens with one attached hydrogen (secondary N) is 1. The van der Waals surface area contributed by atoms with Gasteiger partial charge in [-0.05, 0) is 24.3 Å². The fourth-order valence-electron chi connectivity index (χ4n) is 2.55. The van der Waals surface area contributed by atoms with Crippen LogP contribution in [0.3, 0.4) is 0 Å². The Morgan fingerprint density at radius 1 is 1.53 bits per heavy atom. The Bertz CT molecular complexity index is 393. The first-order valence-corrected chi connectivity index (χ1v) is 7.61. The zero-order valence-electron chi connectivity index (χ0n) is 11.2. The van der Waals surface area contributed by atoms with Gasteiger partial charge in [0.25, 0.3) is 0 Å². The van der Waals surface area contributed by atoms with E-state index in [0.29, 0.717) is 6.42 Å². The van der Waals surface area contributed by atoms with Crippen molar-refractivity contribution in [1.29, 1.82) is 0 Å². The molecular weight excluding hydrogens is 262 g/mol. The summed E-state index contributed by atoms with van der Waals surface area (Å²) in [6.07, 6.45) is 3.33. The zero-order valence-corrected chi connectivity index (χ0v) is 12.0. The molecule has 0 radical (unpaired) electrons. The molecule has 1 saturated carbocycles. The molecule has 1 aliphatic rings. The van der Waals surface area contributed by atoms with Gasteiger partial charge in [-0.2, -0.15) is 0 Å². The van der Waals surface area contributed by atoms with Crippen molar-refractivity contribution in [2.24, 2.45) is 0 Å². The molecule has 2 N–H and O–H groups in total. The van der Waals surface area contributed by atoms with Crippen molar-refractivity contribution in [1.82, 2.24) is 5.32 Å². The summed E-state index contributed by atoms with van der Waals surface area (Å²) >= 11 is 1.58. The largest absolute Gasteiger partial charge is 0.388 e. The molecule has 0 aromatic carbocycles. The molecule has 0 aliphatic heterocycles. The highest BCUT2D eigenvalue weighted by molar-refractivity contribution is 7.10. The number of ether oxygens (including phenoxy) is 1. The quantitative estimate of drug-likeness (QED) is 0.827. The van der Waals surface area contributed by atoms with Gasteiger partial charge in [0.15, 0.2) is 0 Å². The molecule has 4 nitrogen and oxygen atoms in total. The second kappa shape index (κ2) is 7.03. The Morgan fingerprint density at radius 2 is 2.32 bits per heavy atom. The van der Waals surface area contributed by atoms with Crippen LogP contribution in [0.25, 0.3) is 0 Å².